The van der Waals surface area contributed by atoms with E-state index in [2.05, 4.69) is 132 Å². The summed E-state index contributed by atoms with van der Waals surface area (Å²) >= 11 is 0. The molecule has 4 heterocycles. The van der Waals surface area contributed by atoms with E-state index in [0.717, 1.165) is 12.8 Å². The Hall–Kier alpha value is -3.35. The fraction of sp³-hybridized carbons (Fsp3) is 0.188. The fourth-order valence-electron chi connectivity index (χ4n) is 7.01. The monoisotopic (exact) mass is 472 g/mol. The smallest absolute Gasteiger partial charge is 0.133 e. The Morgan fingerprint density at radius 3 is 2.26 bits per heavy atom. The predicted octanol–water partition coefficient (Wildman–Crippen LogP) is 6.30. The van der Waals surface area contributed by atoms with Crippen molar-refractivity contribution in [1.82, 2.24) is 0 Å². The SMILES string of the molecule is CCC12Pc3ccccc3-c3c4ccccc4cc[n+]3[C@]1(CC)[n+]1ccccc1-c1ccccc12. The van der Waals surface area contributed by atoms with Gasteiger partial charge in [-0.15, -0.1) is 9.13 Å². The molecule has 3 aromatic carbocycles. The standard InChI is InChI=1S/C32H29N2P/c1-3-31-27-17-9-7-15-25(27)28-18-11-12-21-33(28)32(31,4-2)34-22-20-23-13-5-6-14-24(23)30(34)26-16-8-10-19-29(26)35-31/h5-22,35H,3-4H2,1-2H3/q+2/t31?,32-/m0/s1. The summed E-state index contributed by atoms with van der Waals surface area (Å²) in [7, 11) is 0.648. The quantitative estimate of drug-likeness (QED) is 0.211. The molecule has 0 bridgehead atoms. The van der Waals surface area contributed by atoms with Crippen LogP contribution in [0.15, 0.2) is 109 Å². The van der Waals surface area contributed by atoms with E-state index in [0.29, 0.717) is 8.58 Å². The van der Waals surface area contributed by atoms with Gasteiger partial charge in [0.25, 0.3) is 0 Å². The van der Waals surface area contributed by atoms with Crippen molar-refractivity contribution in [2.75, 3.05) is 0 Å². The largest absolute Gasteiger partial charge is 0.375 e. The van der Waals surface area contributed by atoms with E-state index in [1.54, 1.807) is 0 Å². The lowest BCUT2D eigenvalue weighted by molar-refractivity contribution is -0.993. The number of hydrogen-bond donors (Lipinski definition) is 0. The lowest BCUT2D eigenvalue weighted by Gasteiger charge is -2.44. The Labute approximate surface area is 208 Å². The second-order valence-corrected chi connectivity index (χ2v) is 11.4. The van der Waals surface area contributed by atoms with Gasteiger partial charge in [-0.2, -0.15) is 0 Å². The van der Waals surface area contributed by atoms with E-state index in [9.17, 15) is 0 Å². The Morgan fingerprint density at radius 1 is 0.657 bits per heavy atom. The summed E-state index contributed by atoms with van der Waals surface area (Å²) in [5, 5.41) is 4.00. The van der Waals surface area contributed by atoms with Gasteiger partial charge in [0, 0.05) is 18.2 Å². The van der Waals surface area contributed by atoms with Gasteiger partial charge >= 0.3 is 5.66 Å². The molecule has 0 amide bonds. The number of rotatable bonds is 2. The number of nitrogens with zero attached hydrogens (tertiary/aromatic N) is 2. The van der Waals surface area contributed by atoms with Crippen molar-refractivity contribution >= 4 is 24.7 Å². The van der Waals surface area contributed by atoms with Crippen LogP contribution in [0.1, 0.15) is 32.3 Å². The highest BCUT2D eigenvalue weighted by molar-refractivity contribution is 7.49. The molecule has 0 aliphatic carbocycles. The third-order valence-corrected chi connectivity index (χ3v) is 10.6. The molecular weight excluding hydrogens is 443 g/mol. The molecule has 0 N–H and O–H groups in total. The van der Waals surface area contributed by atoms with Crippen LogP contribution in [0.3, 0.4) is 0 Å². The van der Waals surface area contributed by atoms with Crippen LogP contribution in [0.4, 0.5) is 0 Å². The predicted molar refractivity (Wildman–Crippen MR) is 145 cm³/mol. The van der Waals surface area contributed by atoms with E-state index in [1.165, 1.54) is 44.2 Å². The maximum absolute atomic E-state index is 2.65. The number of benzene rings is 3. The van der Waals surface area contributed by atoms with Crippen LogP contribution >= 0.6 is 8.58 Å². The summed E-state index contributed by atoms with van der Waals surface area (Å²) in [5.41, 5.74) is 6.59. The summed E-state index contributed by atoms with van der Waals surface area (Å²) < 4.78 is 5.26. The third-order valence-electron chi connectivity index (χ3n) is 8.42. The van der Waals surface area contributed by atoms with Crippen molar-refractivity contribution in [2.45, 2.75) is 37.5 Å². The summed E-state index contributed by atoms with van der Waals surface area (Å²) in [4.78, 5) is 0. The summed E-state index contributed by atoms with van der Waals surface area (Å²) in [6, 6.07) is 36.2. The van der Waals surface area contributed by atoms with Crippen LogP contribution in [0, 0.1) is 0 Å². The number of fused-ring (bicyclic) bond motifs is 12. The first-order chi connectivity index (χ1) is 17.2. The van der Waals surface area contributed by atoms with Gasteiger partial charge in [0.2, 0.25) is 11.4 Å². The molecule has 3 heteroatoms. The minimum absolute atomic E-state index is 0.0775. The molecule has 2 aromatic heterocycles. The van der Waals surface area contributed by atoms with Crippen LogP contribution in [-0.4, -0.2) is 0 Å². The minimum Gasteiger partial charge on any atom is -0.133 e. The van der Waals surface area contributed by atoms with Crippen molar-refractivity contribution in [1.29, 1.82) is 0 Å². The number of pyridine rings is 2. The van der Waals surface area contributed by atoms with Crippen LogP contribution < -0.4 is 14.4 Å². The van der Waals surface area contributed by atoms with E-state index in [1.807, 2.05) is 0 Å². The number of aromatic nitrogens is 2. The molecule has 35 heavy (non-hydrogen) atoms. The lowest BCUT2D eigenvalue weighted by Crippen LogP contribution is -2.82. The Kier molecular flexibility index (Phi) is 4.54. The molecule has 170 valence electrons. The maximum atomic E-state index is 2.65. The van der Waals surface area contributed by atoms with E-state index < -0.39 is 0 Å². The van der Waals surface area contributed by atoms with Crippen LogP contribution in [0.5, 0.6) is 0 Å². The molecule has 2 aliphatic rings. The lowest BCUT2D eigenvalue weighted by atomic mass is 9.74. The highest BCUT2D eigenvalue weighted by atomic mass is 31.1. The third kappa shape index (κ3) is 2.53. The van der Waals surface area contributed by atoms with Gasteiger partial charge in [-0.25, -0.2) is 0 Å². The Balaban J connectivity index is 1.75. The van der Waals surface area contributed by atoms with Crippen molar-refractivity contribution in [2.24, 2.45) is 0 Å². The van der Waals surface area contributed by atoms with Crippen LogP contribution in [0.25, 0.3) is 33.3 Å². The van der Waals surface area contributed by atoms with Gasteiger partial charge in [-0.05, 0) is 46.9 Å². The highest BCUT2D eigenvalue weighted by Gasteiger charge is 2.71. The molecular formula is C32H29N2P+2. The summed E-state index contributed by atoms with van der Waals surface area (Å²) in [6.07, 6.45) is 6.75. The minimum atomic E-state index is -0.274. The van der Waals surface area contributed by atoms with E-state index in [-0.39, 0.29) is 10.8 Å². The normalized spacial score (nSPS) is 22.5. The maximum Gasteiger partial charge on any atom is 0.375 e. The first kappa shape index (κ1) is 21.0. The average molecular weight is 473 g/mol. The molecule has 0 saturated carbocycles. The van der Waals surface area contributed by atoms with Gasteiger partial charge in [0.1, 0.15) is 5.16 Å². The first-order valence-corrected chi connectivity index (χ1v) is 13.7. The zero-order valence-electron chi connectivity index (χ0n) is 20.2. The number of hydrogen-bond acceptors (Lipinski definition) is 0. The van der Waals surface area contributed by atoms with Crippen molar-refractivity contribution in [3.05, 3.63) is 115 Å². The van der Waals surface area contributed by atoms with Crippen molar-refractivity contribution in [3.8, 4) is 22.5 Å². The van der Waals surface area contributed by atoms with Gasteiger partial charge in [0.05, 0.1) is 22.9 Å². The van der Waals surface area contributed by atoms with Gasteiger partial charge < -0.3 is 0 Å². The second-order valence-electron chi connectivity index (χ2n) is 9.72. The first-order valence-electron chi connectivity index (χ1n) is 12.7. The van der Waals surface area contributed by atoms with Gasteiger partial charge in [-0.1, -0.05) is 77.0 Å². The van der Waals surface area contributed by atoms with E-state index in [4.69, 9.17) is 0 Å². The molecule has 3 atom stereocenters. The topological polar surface area (TPSA) is 7.76 Å². The van der Waals surface area contributed by atoms with Crippen molar-refractivity contribution in [3.63, 3.8) is 0 Å². The molecule has 0 saturated heterocycles. The van der Waals surface area contributed by atoms with Gasteiger partial charge in [0.15, 0.2) is 12.4 Å². The Morgan fingerprint density at radius 2 is 1.40 bits per heavy atom. The molecule has 0 spiro atoms. The highest BCUT2D eigenvalue weighted by Crippen LogP contribution is 2.59. The zero-order chi connectivity index (χ0) is 23.6. The summed E-state index contributed by atoms with van der Waals surface area (Å²) in [6.45, 7) is 4.78. The van der Waals surface area contributed by atoms with Crippen LogP contribution in [0.2, 0.25) is 0 Å². The summed E-state index contributed by atoms with van der Waals surface area (Å²) in [5.74, 6) is 0. The zero-order valence-corrected chi connectivity index (χ0v) is 21.2. The fourth-order valence-corrected chi connectivity index (χ4v) is 9.13. The van der Waals surface area contributed by atoms with Gasteiger partial charge in [-0.3, -0.25) is 0 Å². The second kappa shape index (κ2) is 7.57. The molecule has 2 unspecified atom stereocenters. The molecule has 2 aliphatic heterocycles. The molecule has 7 rings (SSSR count). The molecule has 2 nitrogen and oxygen atoms in total. The molecule has 0 radical (unpaired) electrons. The van der Waals surface area contributed by atoms with Crippen LogP contribution in [-0.2, 0) is 10.8 Å². The van der Waals surface area contributed by atoms with E-state index >= 15 is 0 Å². The van der Waals surface area contributed by atoms with Crippen molar-refractivity contribution < 1.29 is 9.13 Å². The Bertz CT molecular complexity index is 1620. The molecule has 5 aromatic rings. The average Bonchev–Trinajstić information content (AvgIpc) is 3.04. The molecule has 0 fully saturated rings.